The van der Waals surface area contributed by atoms with Crippen LogP contribution in [0.2, 0.25) is 0 Å². The lowest BCUT2D eigenvalue weighted by Crippen LogP contribution is -2.24. The number of hydrogen-bond acceptors (Lipinski definition) is 9. The van der Waals surface area contributed by atoms with Crippen LogP contribution >= 0.6 is 0 Å². The summed E-state index contributed by atoms with van der Waals surface area (Å²) in [5.41, 5.74) is 0.598. The maximum Gasteiger partial charge on any atom is 0.249 e. The zero-order valence-electron chi connectivity index (χ0n) is 15.0. The van der Waals surface area contributed by atoms with Gasteiger partial charge < -0.3 is 18.9 Å². The number of nitrogens with zero attached hydrogens (tertiary/aromatic N) is 6. The van der Waals surface area contributed by atoms with E-state index < -0.39 is 0 Å². The van der Waals surface area contributed by atoms with Gasteiger partial charge in [-0.15, -0.1) is 0 Å². The van der Waals surface area contributed by atoms with Crippen LogP contribution in [0.25, 0.3) is 11.5 Å². The van der Waals surface area contributed by atoms with E-state index in [-0.39, 0.29) is 6.04 Å². The molecule has 4 heterocycles. The molecule has 1 saturated heterocycles. The average molecular weight is 368 g/mol. The number of rotatable bonds is 7. The standard InChI is InChI=1S/C18H20N6O3/c1-25-10-11-26-13-5-8-19-14(12-13)16-22-17(27-23-16)15-4-2-9-24(15)18-20-6-3-7-21-18/h3,5-8,12,15H,2,4,9-11H2,1H3/t15-/m0/s1. The van der Waals surface area contributed by atoms with E-state index in [1.807, 2.05) is 0 Å². The van der Waals surface area contributed by atoms with Crippen LogP contribution in [-0.2, 0) is 4.74 Å². The van der Waals surface area contributed by atoms with Crippen LogP contribution in [0.15, 0.2) is 41.3 Å². The molecule has 27 heavy (non-hydrogen) atoms. The predicted octanol–water partition coefficient (Wildman–Crippen LogP) is 2.29. The van der Waals surface area contributed by atoms with E-state index in [1.165, 1.54) is 0 Å². The molecule has 0 aliphatic carbocycles. The van der Waals surface area contributed by atoms with Gasteiger partial charge in [0.2, 0.25) is 17.7 Å². The quantitative estimate of drug-likeness (QED) is 0.581. The molecule has 0 aromatic carbocycles. The fourth-order valence-corrected chi connectivity index (χ4v) is 3.04. The first-order valence-corrected chi connectivity index (χ1v) is 8.80. The summed E-state index contributed by atoms with van der Waals surface area (Å²) in [6.45, 7) is 1.84. The number of anilines is 1. The van der Waals surface area contributed by atoms with Gasteiger partial charge in [0.15, 0.2) is 0 Å². The minimum Gasteiger partial charge on any atom is -0.491 e. The van der Waals surface area contributed by atoms with Crippen molar-refractivity contribution in [1.29, 1.82) is 0 Å². The third-order valence-corrected chi connectivity index (χ3v) is 4.31. The number of aromatic nitrogens is 5. The highest BCUT2D eigenvalue weighted by Gasteiger charge is 2.32. The molecule has 0 radical (unpaired) electrons. The van der Waals surface area contributed by atoms with Gasteiger partial charge in [-0.05, 0) is 25.0 Å². The molecular weight excluding hydrogens is 348 g/mol. The van der Waals surface area contributed by atoms with Crippen LogP contribution in [0.1, 0.15) is 24.8 Å². The molecule has 0 saturated carbocycles. The molecule has 0 unspecified atom stereocenters. The minimum absolute atomic E-state index is 0.0326. The lowest BCUT2D eigenvalue weighted by molar-refractivity contribution is 0.146. The van der Waals surface area contributed by atoms with Gasteiger partial charge in [-0.3, -0.25) is 4.98 Å². The number of hydrogen-bond donors (Lipinski definition) is 0. The SMILES string of the molecule is COCCOc1ccnc(-c2noc([C@@H]3CCCN3c3ncccn3)n2)c1. The zero-order valence-corrected chi connectivity index (χ0v) is 15.0. The Morgan fingerprint density at radius 3 is 2.93 bits per heavy atom. The molecule has 0 bridgehead atoms. The molecule has 9 heteroatoms. The van der Waals surface area contributed by atoms with Gasteiger partial charge >= 0.3 is 0 Å². The molecular formula is C18H20N6O3. The third kappa shape index (κ3) is 3.87. The van der Waals surface area contributed by atoms with Gasteiger partial charge in [0.25, 0.3) is 0 Å². The second kappa shape index (κ2) is 8.09. The molecule has 9 nitrogen and oxygen atoms in total. The summed E-state index contributed by atoms with van der Waals surface area (Å²) in [7, 11) is 1.63. The first-order valence-electron chi connectivity index (χ1n) is 8.80. The molecule has 0 amide bonds. The monoisotopic (exact) mass is 368 g/mol. The first-order chi connectivity index (χ1) is 13.3. The van der Waals surface area contributed by atoms with Crippen molar-refractivity contribution >= 4 is 5.95 Å². The highest BCUT2D eigenvalue weighted by molar-refractivity contribution is 5.51. The predicted molar refractivity (Wildman–Crippen MR) is 96.3 cm³/mol. The van der Waals surface area contributed by atoms with Crippen LogP contribution in [0, 0.1) is 0 Å². The lowest BCUT2D eigenvalue weighted by Gasteiger charge is -2.21. The summed E-state index contributed by atoms with van der Waals surface area (Å²) in [5.74, 6) is 2.33. The van der Waals surface area contributed by atoms with Crippen molar-refractivity contribution in [3.05, 3.63) is 42.7 Å². The van der Waals surface area contributed by atoms with Crippen LogP contribution in [0.5, 0.6) is 5.75 Å². The lowest BCUT2D eigenvalue weighted by atomic mass is 10.2. The summed E-state index contributed by atoms with van der Waals surface area (Å²) in [5, 5.41) is 4.10. The molecule has 3 aromatic rings. The van der Waals surface area contributed by atoms with Gasteiger partial charge in [-0.25, -0.2) is 9.97 Å². The Morgan fingerprint density at radius 2 is 2.07 bits per heavy atom. The van der Waals surface area contributed by atoms with Gasteiger partial charge in [-0.2, -0.15) is 4.98 Å². The highest BCUT2D eigenvalue weighted by Crippen LogP contribution is 2.34. The van der Waals surface area contributed by atoms with Gasteiger partial charge in [0.05, 0.1) is 6.61 Å². The van der Waals surface area contributed by atoms with Crippen molar-refractivity contribution in [3.63, 3.8) is 0 Å². The van der Waals surface area contributed by atoms with E-state index in [1.54, 1.807) is 43.9 Å². The molecule has 140 valence electrons. The molecule has 4 rings (SSSR count). The summed E-state index contributed by atoms with van der Waals surface area (Å²) < 4.78 is 16.1. The molecule has 3 aromatic heterocycles. The Hall–Kier alpha value is -3.07. The molecule has 1 fully saturated rings. The second-order valence-corrected chi connectivity index (χ2v) is 6.07. The fourth-order valence-electron chi connectivity index (χ4n) is 3.04. The Kier molecular flexibility index (Phi) is 5.20. The number of ether oxygens (including phenoxy) is 2. The van der Waals surface area contributed by atoms with E-state index in [4.69, 9.17) is 14.0 Å². The van der Waals surface area contributed by atoms with E-state index in [0.717, 1.165) is 19.4 Å². The van der Waals surface area contributed by atoms with E-state index in [9.17, 15) is 0 Å². The summed E-state index contributed by atoms with van der Waals surface area (Å²) in [6, 6.07) is 5.34. The topological polar surface area (TPSA) is 99.3 Å². The maximum atomic E-state index is 5.61. The van der Waals surface area contributed by atoms with Crippen molar-refractivity contribution in [3.8, 4) is 17.3 Å². The second-order valence-electron chi connectivity index (χ2n) is 6.07. The largest absolute Gasteiger partial charge is 0.491 e. The third-order valence-electron chi connectivity index (χ3n) is 4.31. The zero-order chi connectivity index (χ0) is 18.5. The van der Waals surface area contributed by atoms with E-state index in [2.05, 4.69) is 30.0 Å². The van der Waals surface area contributed by atoms with Crippen molar-refractivity contribution in [2.75, 3.05) is 31.8 Å². The molecule has 1 aliphatic heterocycles. The van der Waals surface area contributed by atoms with E-state index >= 15 is 0 Å². The van der Waals surface area contributed by atoms with Gasteiger partial charge in [0, 0.05) is 38.3 Å². The normalized spacial score (nSPS) is 16.6. The summed E-state index contributed by atoms with van der Waals surface area (Å²) in [6.07, 6.45) is 7.05. The Bertz CT molecular complexity index is 872. The summed E-state index contributed by atoms with van der Waals surface area (Å²) >= 11 is 0. The average Bonchev–Trinajstić information content (AvgIpc) is 3.39. The highest BCUT2D eigenvalue weighted by atomic mass is 16.5. The number of pyridine rings is 1. The van der Waals surface area contributed by atoms with Gasteiger partial charge in [-0.1, -0.05) is 5.16 Å². The maximum absolute atomic E-state index is 5.61. The van der Waals surface area contributed by atoms with Crippen molar-refractivity contribution in [2.45, 2.75) is 18.9 Å². The van der Waals surface area contributed by atoms with Crippen molar-refractivity contribution in [2.24, 2.45) is 0 Å². The van der Waals surface area contributed by atoms with Crippen LogP contribution in [0.3, 0.4) is 0 Å². The Balaban J connectivity index is 1.52. The Morgan fingerprint density at radius 1 is 1.19 bits per heavy atom. The minimum atomic E-state index is -0.0326. The fraction of sp³-hybridized carbons (Fsp3) is 0.389. The van der Waals surface area contributed by atoms with E-state index in [0.29, 0.717) is 42.3 Å². The smallest absolute Gasteiger partial charge is 0.249 e. The molecule has 0 N–H and O–H groups in total. The van der Waals surface area contributed by atoms with Crippen LogP contribution < -0.4 is 9.64 Å². The van der Waals surface area contributed by atoms with Crippen LogP contribution in [-0.4, -0.2) is 52.0 Å². The Labute approximate surface area is 156 Å². The number of methoxy groups -OCH3 is 1. The summed E-state index contributed by atoms with van der Waals surface area (Å²) in [4.78, 5) is 19.6. The van der Waals surface area contributed by atoms with Gasteiger partial charge in [0.1, 0.15) is 24.1 Å². The molecule has 1 atom stereocenters. The first kappa shape index (κ1) is 17.3. The molecule has 0 spiro atoms. The van der Waals surface area contributed by atoms with Crippen molar-refractivity contribution in [1.82, 2.24) is 25.1 Å². The van der Waals surface area contributed by atoms with Crippen LogP contribution in [0.4, 0.5) is 5.95 Å². The van der Waals surface area contributed by atoms with Crippen molar-refractivity contribution < 1.29 is 14.0 Å². The molecule has 1 aliphatic rings.